The Hall–Kier alpha value is -4.22. The van der Waals surface area contributed by atoms with Crippen molar-refractivity contribution in [2.45, 2.75) is 6.92 Å². The Labute approximate surface area is 209 Å². The van der Waals surface area contributed by atoms with Crippen molar-refractivity contribution in [2.75, 3.05) is 11.9 Å². The van der Waals surface area contributed by atoms with Gasteiger partial charge in [0.25, 0.3) is 0 Å². The van der Waals surface area contributed by atoms with Gasteiger partial charge in [-0.05, 0) is 66.6 Å². The van der Waals surface area contributed by atoms with Crippen LogP contribution in [0.2, 0.25) is 5.02 Å². The molecule has 0 atom stereocenters. The van der Waals surface area contributed by atoms with Crippen LogP contribution >= 0.6 is 11.6 Å². The summed E-state index contributed by atoms with van der Waals surface area (Å²) in [4.78, 5) is 13.1. The number of halogens is 1. The number of para-hydroxylation sites is 1. The van der Waals surface area contributed by atoms with Crippen molar-refractivity contribution >= 4 is 34.6 Å². The second-order valence-corrected chi connectivity index (χ2v) is 8.73. The summed E-state index contributed by atoms with van der Waals surface area (Å²) in [6.45, 7) is 2.48. The predicted octanol–water partition coefficient (Wildman–Crippen LogP) is 7.36. The van der Waals surface area contributed by atoms with E-state index in [9.17, 15) is 4.79 Å². The van der Waals surface area contributed by atoms with Crippen LogP contribution in [0.1, 0.15) is 16.7 Å². The Morgan fingerprint density at radius 3 is 2.14 bits per heavy atom. The van der Waals surface area contributed by atoms with Gasteiger partial charge in [0.05, 0.1) is 12.2 Å². The number of carbonyl (C=O) groups is 1. The van der Waals surface area contributed by atoms with E-state index in [4.69, 9.17) is 16.3 Å². The van der Waals surface area contributed by atoms with Crippen LogP contribution in [-0.2, 0) is 0 Å². The molecule has 174 valence electrons. The summed E-state index contributed by atoms with van der Waals surface area (Å²) in [7, 11) is 0. The average molecular weight is 482 g/mol. The van der Waals surface area contributed by atoms with Gasteiger partial charge in [0.2, 0.25) is 0 Å². The highest BCUT2D eigenvalue weighted by atomic mass is 35.5. The minimum atomic E-state index is -0.254. The summed E-state index contributed by atoms with van der Waals surface area (Å²) in [6, 6.07) is 32.5. The molecule has 2 N–H and O–H groups in total. The van der Waals surface area contributed by atoms with E-state index < -0.39 is 0 Å². The molecule has 4 aromatic carbocycles. The Bertz CT molecular complexity index is 1290. The molecule has 35 heavy (non-hydrogen) atoms. The van der Waals surface area contributed by atoms with Gasteiger partial charge < -0.3 is 10.1 Å². The van der Waals surface area contributed by atoms with E-state index in [1.54, 1.807) is 5.01 Å². The molecule has 1 aliphatic rings. The number of nitrogens with zero attached hydrogens (tertiary/aromatic N) is 1. The SMILES string of the molecule is Cc1ccc(C2=C(c3ccc(Cl)cc3)NN(C(=O)Nc3ccc(Oc4ccccc4)cc3)C2)cc1. The fraction of sp³-hybridized carbons (Fsp3) is 0.0690. The van der Waals surface area contributed by atoms with Crippen molar-refractivity contribution in [2.24, 2.45) is 0 Å². The van der Waals surface area contributed by atoms with Crippen LogP contribution in [0.5, 0.6) is 11.5 Å². The van der Waals surface area contributed by atoms with Crippen LogP contribution in [0.4, 0.5) is 10.5 Å². The highest BCUT2D eigenvalue weighted by Gasteiger charge is 2.27. The molecule has 5 rings (SSSR count). The molecule has 0 aromatic heterocycles. The second kappa shape index (κ2) is 9.95. The number of amides is 2. The molecule has 4 aromatic rings. The van der Waals surface area contributed by atoms with Crippen LogP contribution in [0.3, 0.4) is 0 Å². The van der Waals surface area contributed by atoms with Gasteiger partial charge >= 0.3 is 6.03 Å². The summed E-state index contributed by atoms with van der Waals surface area (Å²) < 4.78 is 5.83. The minimum Gasteiger partial charge on any atom is -0.457 e. The summed E-state index contributed by atoms with van der Waals surface area (Å²) in [5.74, 6) is 1.46. The molecule has 0 aliphatic carbocycles. The molecule has 1 aliphatic heterocycles. The fourth-order valence-corrected chi connectivity index (χ4v) is 4.00. The van der Waals surface area contributed by atoms with Gasteiger partial charge in [0, 0.05) is 16.3 Å². The van der Waals surface area contributed by atoms with E-state index in [0.717, 1.165) is 28.1 Å². The molecule has 0 spiro atoms. The third kappa shape index (κ3) is 5.31. The Morgan fingerprint density at radius 1 is 0.829 bits per heavy atom. The Kier molecular flexibility index (Phi) is 6.42. The largest absolute Gasteiger partial charge is 0.457 e. The summed E-state index contributed by atoms with van der Waals surface area (Å²) in [6.07, 6.45) is 0. The van der Waals surface area contributed by atoms with Crippen molar-refractivity contribution in [1.29, 1.82) is 0 Å². The first kappa shape index (κ1) is 22.6. The topological polar surface area (TPSA) is 53.6 Å². The molecule has 0 fully saturated rings. The Balaban J connectivity index is 1.32. The maximum absolute atomic E-state index is 13.1. The first-order chi connectivity index (χ1) is 17.0. The average Bonchev–Trinajstić information content (AvgIpc) is 3.32. The molecule has 0 unspecified atom stereocenters. The molecule has 0 radical (unpaired) electrons. The van der Waals surface area contributed by atoms with Crippen molar-refractivity contribution in [3.8, 4) is 11.5 Å². The van der Waals surface area contributed by atoms with Crippen molar-refractivity contribution in [3.05, 3.63) is 125 Å². The lowest BCUT2D eigenvalue weighted by Gasteiger charge is -2.19. The summed E-state index contributed by atoms with van der Waals surface area (Å²) in [5.41, 5.74) is 9.08. The number of ether oxygens (including phenoxy) is 1. The van der Waals surface area contributed by atoms with E-state index in [1.807, 2.05) is 78.9 Å². The maximum Gasteiger partial charge on any atom is 0.340 e. The minimum absolute atomic E-state index is 0.254. The number of hydrogen-bond donors (Lipinski definition) is 2. The number of urea groups is 1. The number of rotatable bonds is 5. The number of hydrogen-bond acceptors (Lipinski definition) is 3. The zero-order valence-electron chi connectivity index (χ0n) is 19.2. The molecular formula is C29H24ClN3O2. The van der Waals surface area contributed by atoms with E-state index in [2.05, 4.69) is 41.9 Å². The van der Waals surface area contributed by atoms with Gasteiger partial charge in [-0.2, -0.15) is 0 Å². The van der Waals surface area contributed by atoms with Gasteiger partial charge in [-0.25, -0.2) is 9.80 Å². The van der Waals surface area contributed by atoms with Gasteiger partial charge in [0.15, 0.2) is 0 Å². The van der Waals surface area contributed by atoms with Crippen LogP contribution < -0.4 is 15.5 Å². The van der Waals surface area contributed by atoms with Crippen LogP contribution in [0.15, 0.2) is 103 Å². The first-order valence-electron chi connectivity index (χ1n) is 11.3. The van der Waals surface area contributed by atoms with Crippen LogP contribution in [0.25, 0.3) is 11.3 Å². The zero-order valence-corrected chi connectivity index (χ0v) is 19.9. The quantitative estimate of drug-likeness (QED) is 0.313. The summed E-state index contributed by atoms with van der Waals surface area (Å²) >= 11 is 6.10. The summed E-state index contributed by atoms with van der Waals surface area (Å²) in [5, 5.41) is 5.20. The van der Waals surface area contributed by atoms with Gasteiger partial charge in [-0.15, -0.1) is 0 Å². The number of anilines is 1. The fourth-order valence-electron chi connectivity index (χ4n) is 3.87. The lowest BCUT2D eigenvalue weighted by Crippen LogP contribution is -2.40. The van der Waals surface area contributed by atoms with Gasteiger partial charge in [-0.3, -0.25) is 5.43 Å². The van der Waals surface area contributed by atoms with Gasteiger partial charge in [-0.1, -0.05) is 71.8 Å². The van der Waals surface area contributed by atoms with Gasteiger partial charge in [0.1, 0.15) is 11.5 Å². The maximum atomic E-state index is 13.1. The molecular weight excluding hydrogens is 458 g/mol. The van der Waals surface area contributed by atoms with Crippen molar-refractivity contribution < 1.29 is 9.53 Å². The van der Waals surface area contributed by atoms with E-state index >= 15 is 0 Å². The standard InChI is InChI=1S/C29H24ClN3O2/c1-20-7-9-21(10-8-20)27-19-33(32-28(27)22-11-13-23(30)14-12-22)29(34)31-24-15-17-26(18-16-24)35-25-5-3-2-4-6-25/h2-18,32H,19H2,1H3,(H,31,34). The van der Waals surface area contributed by atoms with Crippen molar-refractivity contribution in [3.63, 3.8) is 0 Å². The molecule has 1 heterocycles. The Morgan fingerprint density at radius 2 is 1.46 bits per heavy atom. The third-order valence-corrected chi connectivity index (χ3v) is 5.98. The molecule has 5 nitrogen and oxygen atoms in total. The number of carbonyl (C=O) groups excluding carboxylic acids is 1. The molecule has 0 saturated heterocycles. The highest BCUT2D eigenvalue weighted by Crippen LogP contribution is 2.31. The number of nitrogens with one attached hydrogen (secondary N) is 2. The molecule has 6 heteroatoms. The second-order valence-electron chi connectivity index (χ2n) is 8.29. The molecule has 2 amide bonds. The zero-order chi connectivity index (χ0) is 24.2. The van der Waals surface area contributed by atoms with Crippen molar-refractivity contribution in [1.82, 2.24) is 10.4 Å². The smallest absolute Gasteiger partial charge is 0.340 e. The van der Waals surface area contributed by atoms with E-state index in [1.165, 1.54) is 5.56 Å². The van der Waals surface area contributed by atoms with Crippen LogP contribution in [0, 0.1) is 6.92 Å². The number of hydrazine groups is 1. The lowest BCUT2D eigenvalue weighted by atomic mass is 10.00. The van der Waals surface area contributed by atoms with E-state index in [0.29, 0.717) is 23.0 Å². The number of benzene rings is 4. The first-order valence-corrected chi connectivity index (χ1v) is 11.7. The lowest BCUT2D eigenvalue weighted by molar-refractivity contribution is 0.210. The normalized spacial score (nSPS) is 12.9. The van der Waals surface area contributed by atoms with E-state index in [-0.39, 0.29) is 6.03 Å². The molecule has 0 saturated carbocycles. The monoisotopic (exact) mass is 481 g/mol. The highest BCUT2D eigenvalue weighted by molar-refractivity contribution is 6.30. The van der Waals surface area contributed by atoms with Crippen LogP contribution in [-0.4, -0.2) is 17.6 Å². The third-order valence-electron chi connectivity index (χ3n) is 5.73. The molecule has 0 bridgehead atoms. The predicted molar refractivity (Wildman–Crippen MR) is 141 cm³/mol. The number of aryl methyl sites for hydroxylation is 1.